The molecule has 1 nitrogen and oxygen atoms in total. The molecule has 1 heteroatoms. The summed E-state index contributed by atoms with van der Waals surface area (Å²) in [5, 5.41) is 0. The number of benzene rings is 1. The first-order valence-electron chi connectivity index (χ1n) is 6.24. The van der Waals surface area contributed by atoms with Gasteiger partial charge in [-0.3, -0.25) is 0 Å². The lowest BCUT2D eigenvalue weighted by atomic mass is 9.95. The Hall–Kier alpha value is -1.34. The normalized spacial score (nSPS) is 13.0. The van der Waals surface area contributed by atoms with Crippen molar-refractivity contribution in [1.29, 1.82) is 0 Å². The molecule has 1 aromatic carbocycles. The molecule has 0 fully saturated rings. The maximum Gasteiger partial charge on any atom is 0.0186 e. The molecule has 0 bridgehead atoms. The van der Waals surface area contributed by atoms with Gasteiger partial charge in [-0.05, 0) is 49.5 Å². The molecule has 0 aliphatic carbocycles. The van der Waals surface area contributed by atoms with Crippen molar-refractivity contribution < 1.29 is 0 Å². The Labute approximate surface area is 105 Å². The topological polar surface area (TPSA) is 26.0 Å². The van der Waals surface area contributed by atoms with E-state index in [9.17, 15) is 0 Å². The van der Waals surface area contributed by atoms with Gasteiger partial charge in [0.05, 0.1) is 0 Å². The molecule has 17 heavy (non-hydrogen) atoms. The van der Waals surface area contributed by atoms with Gasteiger partial charge in [-0.2, -0.15) is 0 Å². The van der Waals surface area contributed by atoms with Crippen LogP contribution in [0.2, 0.25) is 0 Å². The van der Waals surface area contributed by atoms with E-state index in [1.165, 1.54) is 27.8 Å². The first-order chi connectivity index (χ1) is 8.10. The number of hydrogen-bond donors (Lipinski definition) is 1. The van der Waals surface area contributed by atoms with Crippen LogP contribution < -0.4 is 5.73 Å². The van der Waals surface area contributed by atoms with Crippen LogP contribution in [0.3, 0.4) is 0 Å². The highest BCUT2D eigenvalue weighted by atomic mass is 14.5. The predicted molar refractivity (Wildman–Crippen MR) is 77.0 cm³/mol. The number of aryl methyl sites for hydroxylation is 2. The lowest BCUT2D eigenvalue weighted by molar-refractivity contribution is 1.20. The van der Waals surface area contributed by atoms with E-state index in [1.54, 1.807) is 0 Å². The standard InChI is InChI=1S/C16H23N/c1-5-6-7-13(3)16(11-17)15-9-8-12(2)10-14(15)4/h6-10H,5,11,17H2,1-4H3/b7-6-,16-13+. The zero-order valence-corrected chi connectivity index (χ0v) is 11.4. The van der Waals surface area contributed by atoms with Gasteiger partial charge < -0.3 is 5.73 Å². The van der Waals surface area contributed by atoms with E-state index in [4.69, 9.17) is 5.73 Å². The van der Waals surface area contributed by atoms with Crippen LogP contribution in [0.25, 0.3) is 5.57 Å². The van der Waals surface area contributed by atoms with E-state index < -0.39 is 0 Å². The SMILES string of the molecule is CC/C=C\C(C)=C(/CN)c1ccc(C)cc1C. The lowest BCUT2D eigenvalue weighted by Crippen LogP contribution is -2.05. The average Bonchev–Trinajstić information content (AvgIpc) is 2.30. The number of hydrogen-bond acceptors (Lipinski definition) is 1. The minimum Gasteiger partial charge on any atom is -0.326 e. The summed E-state index contributed by atoms with van der Waals surface area (Å²) in [7, 11) is 0. The summed E-state index contributed by atoms with van der Waals surface area (Å²) in [6.07, 6.45) is 5.40. The summed E-state index contributed by atoms with van der Waals surface area (Å²) in [4.78, 5) is 0. The predicted octanol–water partition coefficient (Wildman–Crippen LogP) is 4.00. The molecule has 0 saturated heterocycles. The second kappa shape index (κ2) is 6.41. The van der Waals surface area contributed by atoms with Crippen LogP contribution in [0, 0.1) is 13.8 Å². The minimum absolute atomic E-state index is 0.587. The van der Waals surface area contributed by atoms with Gasteiger partial charge in [-0.15, -0.1) is 0 Å². The van der Waals surface area contributed by atoms with Crippen LogP contribution in [0.15, 0.2) is 35.9 Å². The number of allylic oxidation sites excluding steroid dienone is 3. The molecule has 92 valence electrons. The quantitative estimate of drug-likeness (QED) is 0.776. The second-order valence-corrected chi connectivity index (χ2v) is 4.49. The Balaban J connectivity index is 3.22. The van der Waals surface area contributed by atoms with Gasteiger partial charge in [0, 0.05) is 6.54 Å². The van der Waals surface area contributed by atoms with Gasteiger partial charge >= 0.3 is 0 Å². The number of nitrogens with two attached hydrogens (primary N) is 1. The smallest absolute Gasteiger partial charge is 0.0186 e. The summed E-state index contributed by atoms with van der Waals surface area (Å²) < 4.78 is 0. The zero-order valence-electron chi connectivity index (χ0n) is 11.4. The molecule has 0 aliphatic rings. The van der Waals surface area contributed by atoms with Crippen molar-refractivity contribution >= 4 is 5.57 Å². The van der Waals surface area contributed by atoms with Crippen molar-refractivity contribution in [2.24, 2.45) is 5.73 Å². The highest BCUT2D eigenvalue weighted by molar-refractivity contribution is 5.73. The Morgan fingerprint density at radius 3 is 2.53 bits per heavy atom. The molecule has 0 aromatic heterocycles. The maximum absolute atomic E-state index is 5.89. The average molecular weight is 229 g/mol. The van der Waals surface area contributed by atoms with E-state index in [2.05, 4.69) is 58.0 Å². The van der Waals surface area contributed by atoms with E-state index in [1.807, 2.05) is 0 Å². The van der Waals surface area contributed by atoms with Gasteiger partial charge in [0.2, 0.25) is 0 Å². The van der Waals surface area contributed by atoms with Gasteiger partial charge in [0.25, 0.3) is 0 Å². The molecule has 0 spiro atoms. The fourth-order valence-electron chi connectivity index (χ4n) is 2.03. The van der Waals surface area contributed by atoms with Crippen LogP contribution in [0.5, 0.6) is 0 Å². The van der Waals surface area contributed by atoms with Crippen LogP contribution in [-0.4, -0.2) is 6.54 Å². The first kappa shape index (κ1) is 13.7. The van der Waals surface area contributed by atoms with Crippen LogP contribution in [0.4, 0.5) is 0 Å². The third-order valence-electron chi connectivity index (χ3n) is 2.99. The maximum atomic E-state index is 5.89. The molecule has 0 aliphatic heterocycles. The zero-order chi connectivity index (χ0) is 12.8. The van der Waals surface area contributed by atoms with E-state index in [-0.39, 0.29) is 0 Å². The summed E-state index contributed by atoms with van der Waals surface area (Å²) >= 11 is 0. The van der Waals surface area contributed by atoms with Crippen LogP contribution >= 0.6 is 0 Å². The fourth-order valence-corrected chi connectivity index (χ4v) is 2.03. The Bertz CT molecular complexity index is 439. The summed E-state index contributed by atoms with van der Waals surface area (Å²) in [6.45, 7) is 9.13. The third kappa shape index (κ3) is 3.57. The van der Waals surface area contributed by atoms with Crippen LogP contribution in [0.1, 0.15) is 37.0 Å². The lowest BCUT2D eigenvalue weighted by Gasteiger charge is -2.12. The molecule has 0 radical (unpaired) electrons. The molecule has 0 amide bonds. The largest absolute Gasteiger partial charge is 0.326 e. The molecule has 1 rings (SSSR count). The summed E-state index contributed by atoms with van der Waals surface area (Å²) in [5.41, 5.74) is 12.3. The summed E-state index contributed by atoms with van der Waals surface area (Å²) in [5.74, 6) is 0. The fraction of sp³-hybridized carbons (Fsp3) is 0.375. The van der Waals surface area contributed by atoms with Crippen molar-refractivity contribution in [1.82, 2.24) is 0 Å². The molecule has 0 saturated carbocycles. The van der Waals surface area contributed by atoms with E-state index in [0.29, 0.717) is 6.54 Å². The monoisotopic (exact) mass is 229 g/mol. The number of rotatable bonds is 4. The Morgan fingerprint density at radius 1 is 1.29 bits per heavy atom. The van der Waals surface area contributed by atoms with Crippen molar-refractivity contribution in [3.05, 3.63) is 52.6 Å². The van der Waals surface area contributed by atoms with Gasteiger partial charge in [-0.25, -0.2) is 0 Å². The third-order valence-corrected chi connectivity index (χ3v) is 2.99. The highest BCUT2D eigenvalue weighted by Crippen LogP contribution is 2.23. The van der Waals surface area contributed by atoms with Crippen molar-refractivity contribution in [3.8, 4) is 0 Å². The Morgan fingerprint density at radius 2 is 2.00 bits per heavy atom. The molecule has 0 atom stereocenters. The minimum atomic E-state index is 0.587. The molecular formula is C16H23N. The molecule has 1 aromatic rings. The Kier molecular flexibility index (Phi) is 5.17. The summed E-state index contributed by atoms with van der Waals surface area (Å²) in [6, 6.07) is 6.53. The van der Waals surface area contributed by atoms with E-state index in [0.717, 1.165) is 6.42 Å². The van der Waals surface area contributed by atoms with Gasteiger partial charge in [-0.1, -0.05) is 42.8 Å². The van der Waals surface area contributed by atoms with Gasteiger partial charge in [0.15, 0.2) is 0 Å². The first-order valence-corrected chi connectivity index (χ1v) is 6.24. The molecule has 0 unspecified atom stereocenters. The molecule has 2 N–H and O–H groups in total. The van der Waals surface area contributed by atoms with E-state index >= 15 is 0 Å². The molecule has 0 heterocycles. The second-order valence-electron chi connectivity index (χ2n) is 4.49. The van der Waals surface area contributed by atoms with Crippen molar-refractivity contribution in [2.75, 3.05) is 6.54 Å². The van der Waals surface area contributed by atoms with Crippen LogP contribution in [-0.2, 0) is 0 Å². The van der Waals surface area contributed by atoms with Gasteiger partial charge in [0.1, 0.15) is 0 Å². The van der Waals surface area contributed by atoms with Crippen molar-refractivity contribution in [2.45, 2.75) is 34.1 Å². The van der Waals surface area contributed by atoms with Crippen molar-refractivity contribution in [3.63, 3.8) is 0 Å². The molecular weight excluding hydrogens is 206 g/mol. The highest BCUT2D eigenvalue weighted by Gasteiger charge is 2.05.